The van der Waals surface area contributed by atoms with Gasteiger partial charge in [-0.3, -0.25) is 0 Å². The van der Waals surface area contributed by atoms with E-state index >= 15 is 0 Å². The van der Waals surface area contributed by atoms with Gasteiger partial charge >= 0.3 is 0 Å². The average molecular weight is 312 g/mol. The molecule has 0 spiro atoms. The molecule has 0 bridgehead atoms. The van der Waals surface area contributed by atoms with Crippen LogP contribution in [-0.4, -0.2) is 26.7 Å². The van der Waals surface area contributed by atoms with Crippen LogP contribution in [0.4, 0.5) is 5.69 Å². The van der Waals surface area contributed by atoms with E-state index in [1.165, 1.54) is 0 Å². The van der Waals surface area contributed by atoms with Crippen molar-refractivity contribution in [3.63, 3.8) is 0 Å². The summed E-state index contributed by atoms with van der Waals surface area (Å²) in [6, 6.07) is 3.42. The van der Waals surface area contributed by atoms with Crippen molar-refractivity contribution in [2.45, 2.75) is 38.0 Å². The molecule has 0 aromatic heterocycles. The molecule has 1 aromatic rings. The minimum absolute atomic E-state index is 0.128. The Hall–Kier alpha value is -1.11. The van der Waals surface area contributed by atoms with E-state index in [0.29, 0.717) is 17.8 Å². The maximum absolute atomic E-state index is 12.5. The highest BCUT2D eigenvalue weighted by Crippen LogP contribution is 2.31. The second-order valence-electron chi connectivity index (χ2n) is 5.96. The predicted octanol–water partition coefficient (Wildman–Crippen LogP) is 1.57. The van der Waals surface area contributed by atoms with E-state index in [1.807, 2.05) is 6.92 Å². The van der Waals surface area contributed by atoms with Gasteiger partial charge < -0.3 is 10.8 Å². The van der Waals surface area contributed by atoms with Crippen molar-refractivity contribution in [2.24, 2.45) is 11.8 Å². The van der Waals surface area contributed by atoms with Crippen LogP contribution >= 0.6 is 0 Å². The van der Waals surface area contributed by atoms with Crippen LogP contribution in [0, 0.1) is 25.7 Å². The summed E-state index contributed by atoms with van der Waals surface area (Å²) in [5.74, 6) is 0.420. The number of nitrogens with one attached hydrogen (secondary N) is 1. The van der Waals surface area contributed by atoms with Crippen molar-refractivity contribution in [1.29, 1.82) is 0 Å². The number of aryl methyl sites for hydroxylation is 1. The molecule has 0 amide bonds. The van der Waals surface area contributed by atoms with Gasteiger partial charge in [0, 0.05) is 18.8 Å². The molecule has 0 radical (unpaired) electrons. The molecule has 1 aliphatic rings. The second kappa shape index (κ2) is 6.34. The van der Waals surface area contributed by atoms with Crippen LogP contribution < -0.4 is 10.5 Å². The van der Waals surface area contributed by atoms with Crippen molar-refractivity contribution in [3.05, 3.63) is 23.3 Å². The standard InChI is InChI=1S/C15H24N2O3S/c1-10-6-14(16)11(2)15(7-10)21(19,20)17-8-12-4-3-5-13(12)9-18/h6-7,12-13,17-18H,3-5,8-9,16H2,1-2H3. The Morgan fingerprint density at radius 1 is 1.29 bits per heavy atom. The predicted molar refractivity (Wildman–Crippen MR) is 83.4 cm³/mol. The average Bonchev–Trinajstić information content (AvgIpc) is 2.88. The summed E-state index contributed by atoms with van der Waals surface area (Å²) in [6.45, 7) is 4.05. The minimum Gasteiger partial charge on any atom is -0.398 e. The molecule has 2 unspecified atom stereocenters. The van der Waals surface area contributed by atoms with Gasteiger partial charge in [0.15, 0.2) is 0 Å². The van der Waals surface area contributed by atoms with E-state index in [0.717, 1.165) is 24.8 Å². The highest BCUT2D eigenvalue weighted by Gasteiger charge is 2.28. The molecule has 0 heterocycles. The smallest absolute Gasteiger partial charge is 0.240 e. The third-order valence-corrected chi connectivity index (χ3v) is 5.97. The van der Waals surface area contributed by atoms with Crippen LogP contribution in [0.1, 0.15) is 30.4 Å². The molecule has 1 fully saturated rings. The Labute approximate surface area is 126 Å². The van der Waals surface area contributed by atoms with Gasteiger partial charge in [0.05, 0.1) is 4.90 Å². The number of nitrogen functional groups attached to an aromatic ring is 1. The Bertz CT molecular complexity index is 614. The lowest BCUT2D eigenvalue weighted by Gasteiger charge is -2.19. The summed E-state index contributed by atoms with van der Waals surface area (Å²) in [5, 5.41) is 9.31. The Morgan fingerprint density at radius 2 is 1.95 bits per heavy atom. The number of hydrogen-bond acceptors (Lipinski definition) is 4. The van der Waals surface area contributed by atoms with Gasteiger partial charge in [0.1, 0.15) is 0 Å². The van der Waals surface area contributed by atoms with Crippen molar-refractivity contribution in [2.75, 3.05) is 18.9 Å². The number of nitrogens with two attached hydrogens (primary N) is 1. The van der Waals surface area contributed by atoms with Crippen LogP contribution in [0.15, 0.2) is 17.0 Å². The zero-order valence-corrected chi connectivity index (χ0v) is 13.4. The first kappa shape index (κ1) is 16.3. The fraction of sp³-hybridized carbons (Fsp3) is 0.600. The number of sulfonamides is 1. The Balaban J connectivity index is 2.16. The summed E-state index contributed by atoms with van der Waals surface area (Å²) in [6.07, 6.45) is 2.98. The molecule has 21 heavy (non-hydrogen) atoms. The number of rotatable bonds is 5. The zero-order chi connectivity index (χ0) is 15.6. The van der Waals surface area contributed by atoms with E-state index in [2.05, 4.69) is 4.72 Å². The molecule has 5 nitrogen and oxygen atoms in total. The summed E-state index contributed by atoms with van der Waals surface area (Å²) in [4.78, 5) is 0.249. The van der Waals surface area contributed by atoms with Crippen molar-refractivity contribution in [3.8, 4) is 0 Å². The molecule has 1 aliphatic carbocycles. The molecule has 6 heteroatoms. The van der Waals surface area contributed by atoms with Gasteiger partial charge in [-0.2, -0.15) is 0 Å². The Morgan fingerprint density at radius 3 is 2.62 bits per heavy atom. The van der Waals surface area contributed by atoms with E-state index in [1.54, 1.807) is 19.1 Å². The lowest BCUT2D eigenvalue weighted by Crippen LogP contribution is -2.32. The highest BCUT2D eigenvalue weighted by molar-refractivity contribution is 7.89. The summed E-state index contributed by atoms with van der Waals surface area (Å²) in [7, 11) is -3.57. The first-order chi connectivity index (χ1) is 9.85. The number of anilines is 1. The molecule has 1 aromatic carbocycles. The van der Waals surface area contributed by atoms with Crippen molar-refractivity contribution < 1.29 is 13.5 Å². The van der Waals surface area contributed by atoms with Crippen LogP contribution in [-0.2, 0) is 10.0 Å². The largest absolute Gasteiger partial charge is 0.398 e. The summed E-state index contributed by atoms with van der Waals surface area (Å²) in [5.41, 5.74) is 7.75. The first-order valence-electron chi connectivity index (χ1n) is 7.32. The van der Waals surface area contributed by atoms with Crippen LogP contribution in [0.3, 0.4) is 0 Å². The molecule has 4 N–H and O–H groups in total. The monoisotopic (exact) mass is 312 g/mol. The topological polar surface area (TPSA) is 92.4 Å². The van der Waals surface area contributed by atoms with Gasteiger partial charge in [0.2, 0.25) is 10.0 Å². The SMILES string of the molecule is Cc1cc(N)c(C)c(S(=O)(=O)NCC2CCCC2CO)c1. The van der Waals surface area contributed by atoms with E-state index in [-0.39, 0.29) is 23.3 Å². The van der Waals surface area contributed by atoms with Gasteiger partial charge in [-0.1, -0.05) is 6.42 Å². The maximum atomic E-state index is 12.5. The molecular formula is C15H24N2O3S. The third-order valence-electron chi connectivity index (χ3n) is 4.42. The third kappa shape index (κ3) is 3.56. The fourth-order valence-electron chi connectivity index (χ4n) is 3.05. The van der Waals surface area contributed by atoms with Gasteiger partial charge in [-0.05, 0) is 61.8 Å². The zero-order valence-electron chi connectivity index (χ0n) is 12.6. The van der Waals surface area contributed by atoms with Gasteiger partial charge in [0.25, 0.3) is 0 Å². The molecule has 118 valence electrons. The van der Waals surface area contributed by atoms with Crippen LogP contribution in [0.5, 0.6) is 0 Å². The van der Waals surface area contributed by atoms with E-state index in [4.69, 9.17) is 5.73 Å². The van der Waals surface area contributed by atoms with Crippen molar-refractivity contribution >= 4 is 15.7 Å². The highest BCUT2D eigenvalue weighted by atomic mass is 32.2. The van der Waals surface area contributed by atoms with Crippen LogP contribution in [0.25, 0.3) is 0 Å². The molecular weight excluding hydrogens is 288 g/mol. The minimum atomic E-state index is -3.57. The Kier molecular flexibility index (Phi) is 4.91. The number of aliphatic hydroxyl groups is 1. The number of aliphatic hydroxyl groups excluding tert-OH is 1. The lowest BCUT2D eigenvalue weighted by molar-refractivity contribution is 0.195. The first-order valence-corrected chi connectivity index (χ1v) is 8.80. The second-order valence-corrected chi connectivity index (χ2v) is 7.70. The molecule has 1 saturated carbocycles. The lowest BCUT2D eigenvalue weighted by atomic mass is 9.97. The molecule has 2 atom stereocenters. The number of hydrogen-bond donors (Lipinski definition) is 3. The van der Waals surface area contributed by atoms with Gasteiger partial charge in [-0.25, -0.2) is 13.1 Å². The molecule has 0 saturated heterocycles. The quantitative estimate of drug-likeness (QED) is 0.720. The van der Waals surface area contributed by atoms with Crippen molar-refractivity contribution in [1.82, 2.24) is 4.72 Å². The fourth-order valence-corrected chi connectivity index (χ4v) is 4.50. The van der Waals surface area contributed by atoms with E-state index < -0.39 is 10.0 Å². The molecule has 0 aliphatic heterocycles. The number of benzene rings is 1. The normalized spacial score (nSPS) is 22.6. The summed E-state index contributed by atoms with van der Waals surface area (Å²) < 4.78 is 27.6. The maximum Gasteiger partial charge on any atom is 0.240 e. The summed E-state index contributed by atoms with van der Waals surface area (Å²) >= 11 is 0. The van der Waals surface area contributed by atoms with E-state index in [9.17, 15) is 13.5 Å². The van der Waals surface area contributed by atoms with Gasteiger partial charge in [-0.15, -0.1) is 0 Å². The molecule has 2 rings (SSSR count). The van der Waals surface area contributed by atoms with Crippen LogP contribution in [0.2, 0.25) is 0 Å².